The summed E-state index contributed by atoms with van der Waals surface area (Å²) in [7, 11) is 0. The number of halogens is 38. The first-order chi connectivity index (χ1) is 24.2. The predicted molar refractivity (Wildman–Crippen MR) is 93.4 cm³/mol. The van der Waals surface area contributed by atoms with Crippen LogP contribution in [0.3, 0.4) is 0 Å². The standard InChI is InChI=1S/C18F38O2/c19-1(20,3(23,24)9(35,36)15(45,46)47)5(27,28)13(43,7(31,32)11(39,40)17(51,52)53)57-58-14(44,8(33,34)12(41,42)18(54,55)56)6(29,30)2(21,22)4(25,26)10(37,38)16(48,49)50. The lowest BCUT2D eigenvalue weighted by atomic mass is 9.87. The molecule has 2 atom stereocenters. The first-order valence-corrected chi connectivity index (χ1v) is 11.8. The molecule has 0 bridgehead atoms. The van der Waals surface area contributed by atoms with Crippen molar-refractivity contribution >= 4 is 0 Å². The maximum Gasteiger partial charge on any atom is 0.460 e. The molecule has 0 radical (unpaired) electrons. The van der Waals surface area contributed by atoms with Crippen molar-refractivity contribution in [1.29, 1.82) is 0 Å². The molecule has 0 amide bonds. The van der Waals surface area contributed by atoms with Crippen LogP contribution in [0.2, 0.25) is 0 Å². The highest BCUT2D eigenvalue weighted by molar-refractivity contribution is 5.18. The fourth-order valence-corrected chi connectivity index (χ4v) is 3.03. The van der Waals surface area contributed by atoms with Crippen LogP contribution in [-0.4, -0.2) is 107 Å². The van der Waals surface area contributed by atoms with Gasteiger partial charge >= 0.3 is 107 Å². The Morgan fingerprint density at radius 1 is 0.138 bits per heavy atom. The summed E-state index contributed by atoms with van der Waals surface area (Å²) in [6, 6.07) is 0. The molecular formula is C18F38O2. The molecule has 40 heteroatoms. The number of alkyl halides is 38. The van der Waals surface area contributed by atoms with Crippen molar-refractivity contribution in [3.63, 3.8) is 0 Å². The zero-order valence-electron chi connectivity index (χ0n) is 24.2. The van der Waals surface area contributed by atoms with E-state index < -0.39 is 107 Å². The van der Waals surface area contributed by atoms with Crippen molar-refractivity contribution in [2.45, 2.75) is 107 Å². The molecule has 0 aliphatic rings. The van der Waals surface area contributed by atoms with E-state index in [1.54, 1.807) is 0 Å². The van der Waals surface area contributed by atoms with E-state index in [0.29, 0.717) is 9.78 Å². The van der Waals surface area contributed by atoms with Gasteiger partial charge in [-0.25, -0.2) is 0 Å². The predicted octanol–water partition coefficient (Wildman–Crippen LogP) is 12.1. The second-order valence-electron chi connectivity index (χ2n) is 10.2. The van der Waals surface area contributed by atoms with Gasteiger partial charge < -0.3 is 0 Å². The molecule has 0 aliphatic carbocycles. The minimum absolute atomic E-state index is 0.417. The van der Waals surface area contributed by atoms with Gasteiger partial charge in [-0.3, -0.25) is 0 Å². The highest BCUT2D eigenvalue weighted by Gasteiger charge is 3.01. The van der Waals surface area contributed by atoms with Gasteiger partial charge in [-0.1, -0.05) is 0 Å². The van der Waals surface area contributed by atoms with Crippen molar-refractivity contribution in [2.75, 3.05) is 0 Å². The summed E-state index contributed by atoms with van der Waals surface area (Å²) >= 11 is 0. The van der Waals surface area contributed by atoms with Crippen LogP contribution >= 0.6 is 0 Å². The van der Waals surface area contributed by atoms with Crippen LogP contribution in [0.25, 0.3) is 0 Å². The van der Waals surface area contributed by atoms with E-state index in [0.717, 1.165) is 0 Å². The first-order valence-electron chi connectivity index (χ1n) is 11.8. The maximum atomic E-state index is 15.0. The Kier molecular flexibility index (Phi) is 12.7. The molecule has 0 saturated heterocycles. The van der Waals surface area contributed by atoms with Crippen molar-refractivity contribution in [1.82, 2.24) is 0 Å². The second kappa shape index (κ2) is 13.4. The zero-order valence-corrected chi connectivity index (χ0v) is 24.2. The molecular weight excluding hydrogens is 970 g/mol. The lowest BCUT2D eigenvalue weighted by Gasteiger charge is -2.48. The van der Waals surface area contributed by atoms with Gasteiger partial charge in [0.1, 0.15) is 0 Å². The van der Waals surface area contributed by atoms with Gasteiger partial charge in [-0.15, -0.1) is 0 Å². The Bertz CT molecular complexity index is 1360. The summed E-state index contributed by atoms with van der Waals surface area (Å²) in [5.74, 6) is -141. The highest BCUT2D eigenvalue weighted by Crippen LogP contribution is 2.69. The lowest BCUT2D eigenvalue weighted by Crippen LogP contribution is -2.80. The summed E-state index contributed by atoms with van der Waals surface area (Å²) < 4.78 is 509. The molecule has 58 heavy (non-hydrogen) atoms. The van der Waals surface area contributed by atoms with Gasteiger partial charge in [0.05, 0.1) is 0 Å². The molecule has 0 heterocycles. The van der Waals surface area contributed by atoms with Crippen molar-refractivity contribution in [3.8, 4) is 0 Å². The summed E-state index contributed by atoms with van der Waals surface area (Å²) in [5, 5.41) is 0. The van der Waals surface area contributed by atoms with Crippen LogP contribution in [-0.2, 0) is 9.78 Å². The second-order valence-corrected chi connectivity index (χ2v) is 10.2. The summed E-state index contributed by atoms with van der Waals surface area (Å²) in [5.41, 5.74) is 0. The molecule has 0 saturated carbocycles. The topological polar surface area (TPSA) is 18.5 Å². The monoisotopic (exact) mass is 970 g/mol. The van der Waals surface area contributed by atoms with Gasteiger partial charge in [-0.05, 0) is 0 Å². The van der Waals surface area contributed by atoms with Crippen molar-refractivity contribution in [2.24, 2.45) is 0 Å². The molecule has 2 nitrogen and oxygen atoms in total. The molecule has 0 N–H and O–H groups in total. The minimum Gasteiger partial charge on any atom is -0.195 e. The third kappa shape index (κ3) is 6.62. The van der Waals surface area contributed by atoms with Crippen LogP contribution < -0.4 is 0 Å². The minimum atomic E-state index is -10.5. The molecule has 0 aliphatic heterocycles. The molecule has 0 aromatic carbocycles. The van der Waals surface area contributed by atoms with E-state index in [9.17, 15) is 167 Å². The van der Waals surface area contributed by atoms with Crippen molar-refractivity contribution < 1.29 is 177 Å². The van der Waals surface area contributed by atoms with E-state index in [1.807, 2.05) is 0 Å². The molecule has 0 aromatic heterocycles. The smallest absolute Gasteiger partial charge is 0.195 e. The van der Waals surface area contributed by atoms with Gasteiger partial charge in [0, 0.05) is 0 Å². The van der Waals surface area contributed by atoms with E-state index in [4.69, 9.17) is 0 Å². The Morgan fingerprint density at radius 2 is 0.241 bits per heavy atom. The lowest BCUT2D eigenvalue weighted by molar-refractivity contribution is -0.607. The van der Waals surface area contributed by atoms with Crippen molar-refractivity contribution in [3.05, 3.63) is 0 Å². The fourth-order valence-electron chi connectivity index (χ4n) is 3.03. The molecule has 0 fully saturated rings. The largest absolute Gasteiger partial charge is 0.460 e. The fraction of sp³-hybridized carbons (Fsp3) is 1.00. The average molecular weight is 970 g/mol. The van der Waals surface area contributed by atoms with Crippen LogP contribution in [0.15, 0.2) is 0 Å². The quantitative estimate of drug-likeness (QED) is 0.0925. The van der Waals surface area contributed by atoms with E-state index in [-0.39, 0.29) is 0 Å². The zero-order chi connectivity index (χ0) is 48.4. The third-order valence-corrected chi connectivity index (χ3v) is 6.47. The molecule has 350 valence electrons. The van der Waals surface area contributed by atoms with E-state index in [1.165, 1.54) is 0 Å². The molecule has 2 unspecified atom stereocenters. The Balaban J connectivity index is 9.03. The van der Waals surface area contributed by atoms with Crippen LogP contribution in [0.5, 0.6) is 0 Å². The van der Waals surface area contributed by atoms with Crippen LogP contribution in [0.4, 0.5) is 167 Å². The average Bonchev–Trinajstić information content (AvgIpc) is 2.95. The van der Waals surface area contributed by atoms with E-state index in [2.05, 4.69) is 0 Å². The summed E-state index contributed by atoms with van der Waals surface area (Å²) in [6.07, 6.45) is -35.4. The maximum absolute atomic E-state index is 15.0. The highest BCUT2D eigenvalue weighted by atomic mass is 19.5. The van der Waals surface area contributed by atoms with Gasteiger partial charge in [0.25, 0.3) is 0 Å². The van der Waals surface area contributed by atoms with Gasteiger partial charge in [-0.2, -0.15) is 177 Å². The molecule has 0 spiro atoms. The number of hydrogen-bond acceptors (Lipinski definition) is 2. The SMILES string of the molecule is FC(F)(F)C(F)(F)C(F)(F)C(F)(F)C(F)(F)C(F)(OOC(F)(C(F)(F)C(F)(F)C(F)(F)F)C(F)(F)C(F)(F)C(F)(F)C(F)(F)C(F)(F)F)C(F)(F)C(F)(F)C(F)(F)F. The molecule has 0 rings (SSSR count). The van der Waals surface area contributed by atoms with Gasteiger partial charge in [0.15, 0.2) is 0 Å². The summed E-state index contributed by atoms with van der Waals surface area (Å²) in [6.45, 7) is 0. The van der Waals surface area contributed by atoms with Gasteiger partial charge in [0.2, 0.25) is 0 Å². The first kappa shape index (κ1) is 55.3. The number of rotatable bonds is 15. The summed E-state index contributed by atoms with van der Waals surface area (Å²) in [4.78, 5) is 0.834. The van der Waals surface area contributed by atoms with E-state index >= 15 is 0 Å². The van der Waals surface area contributed by atoms with Crippen LogP contribution in [0, 0.1) is 0 Å². The Hall–Kier alpha value is -2.74. The normalized spacial score (nSPS) is 18.9. The Labute approximate surface area is 285 Å². The number of hydrogen-bond donors (Lipinski definition) is 0. The van der Waals surface area contributed by atoms with Crippen LogP contribution in [0.1, 0.15) is 0 Å². The Morgan fingerprint density at radius 3 is 0.379 bits per heavy atom. The third-order valence-electron chi connectivity index (χ3n) is 6.47. The molecule has 0 aromatic rings.